The summed E-state index contributed by atoms with van der Waals surface area (Å²) in [6.45, 7) is 2.11. The van der Waals surface area contributed by atoms with Gasteiger partial charge < -0.3 is 0 Å². The van der Waals surface area contributed by atoms with E-state index in [1.807, 2.05) is 0 Å². The molecule has 1 heterocycles. The van der Waals surface area contributed by atoms with Crippen molar-refractivity contribution < 1.29 is 39.7 Å². The van der Waals surface area contributed by atoms with Gasteiger partial charge in [-0.1, -0.05) is 51.2 Å². The topological polar surface area (TPSA) is 97.8 Å². The van der Waals surface area contributed by atoms with Crippen LogP contribution in [0.25, 0.3) is 10.8 Å². The number of hydrogen-bond acceptors (Lipinski definition) is 6. The van der Waals surface area contributed by atoms with Crippen molar-refractivity contribution in [2.45, 2.75) is 55.9 Å². The Kier molecular flexibility index (Phi) is 7.59. The Balaban J connectivity index is 1.90. The number of alkyl halides is 3. The predicted molar refractivity (Wildman–Crippen MR) is 115 cm³/mol. The average Bonchev–Trinajstić information content (AvgIpc) is 2.76. The molecule has 1 aliphatic rings. The number of benzene rings is 2. The lowest BCUT2D eigenvalue weighted by atomic mass is 9.95. The van der Waals surface area contributed by atoms with Crippen LogP contribution < -0.4 is 0 Å². The Labute approximate surface area is 191 Å². The molecule has 1 atom stereocenters. The summed E-state index contributed by atoms with van der Waals surface area (Å²) in [5.41, 5.74) is -6.27. The fourth-order valence-electron chi connectivity index (χ4n) is 3.58. The number of carbonyl (C=O) groups excluding carboxylic acids is 2. The maximum Gasteiger partial charge on any atom is 0.525 e. The Hall–Kier alpha value is -2.31. The zero-order valence-corrected chi connectivity index (χ0v) is 19.3. The lowest BCUT2D eigenvalue weighted by Gasteiger charge is -2.26. The summed E-state index contributed by atoms with van der Waals surface area (Å²) in [6, 6.07) is 6.82. The van der Waals surface area contributed by atoms with Crippen molar-refractivity contribution in [1.82, 2.24) is 5.06 Å². The van der Waals surface area contributed by atoms with Gasteiger partial charge in [0.25, 0.3) is 11.8 Å². The summed E-state index contributed by atoms with van der Waals surface area (Å²) in [4.78, 5) is 25.7. The molecule has 2 aromatic carbocycles. The highest BCUT2D eigenvalue weighted by atomic mass is 32.2. The van der Waals surface area contributed by atoms with E-state index in [1.165, 1.54) is 24.3 Å². The molecule has 0 N–H and O–H groups in total. The van der Waals surface area contributed by atoms with E-state index in [4.69, 9.17) is 0 Å². The van der Waals surface area contributed by atoms with E-state index in [2.05, 4.69) is 11.2 Å². The zero-order chi connectivity index (χ0) is 24.4. The third kappa shape index (κ3) is 5.12. The minimum Gasteiger partial charge on any atom is -0.266 e. The highest BCUT2D eigenvalue weighted by Gasteiger charge is 2.51. The van der Waals surface area contributed by atoms with E-state index in [0.29, 0.717) is 16.0 Å². The van der Waals surface area contributed by atoms with Crippen molar-refractivity contribution in [1.29, 1.82) is 0 Å². The van der Waals surface area contributed by atoms with E-state index in [9.17, 15) is 35.4 Å². The summed E-state index contributed by atoms with van der Waals surface area (Å²) in [5, 5.41) is 0.0345. The molecular weight excluding hydrogens is 483 g/mol. The highest BCUT2D eigenvalue weighted by Crippen LogP contribution is 2.35. The molecule has 2 amide bonds. The third-order valence-electron chi connectivity index (χ3n) is 5.22. The molecule has 0 spiro atoms. The van der Waals surface area contributed by atoms with Crippen LogP contribution in [0, 0.1) is 0 Å². The molecule has 12 heteroatoms. The van der Waals surface area contributed by atoms with E-state index in [-0.39, 0.29) is 16.5 Å². The summed E-state index contributed by atoms with van der Waals surface area (Å²) in [5.74, 6) is -2.33. The molecule has 0 fully saturated rings. The standard InChI is InChI=1S/C21H22F3NO6S2/c1-2-3-4-5-6-7-13-32(28)17-12-11-16-18-14(17)9-8-10-15(18)19(26)25(20(16)27)31-33(29,30)21(22,23)24/h8-12H,2-7,13H2,1H3. The Morgan fingerprint density at radius 1 is 0.939 bits per heavy atom. The molecule has 0 saturated heterocycles. The number of amides is 2. The third-order valence-corrected chi connectivity index (χ3v) is 7.63. The van der Waals surface area contributed by atoms with Crippen molar-refractivity contribution in [2.24, 2.45) is 0 Å². The summed E-state index contributed by atoms with van der Waals surface area (Å²) < 4.78 is 77.6. The van der Waals surface area contributed by atoms with Gasteiger partial charge >= 0.3 is 15.6 Å². The van der Waals surface area contributed by atoms with E-state index in [0.717, 1.165) is 38.5 Å². The zero-order valence-electron chi connectivity index (χ0n) is 17.7. The van der Waals surface area contributed by atoms with E-state index >= 15 is 0 Å². The van der Waals surface area contributed by atoms with Gasteiger partial charge in [-0.15, -0.1) is 9.35 Å². The maximum atomic E-state index is 12.9. The largest absolute Gasteiger partial charge is 0.525 e. The Bertz CT molecular complexity index is 1190. The molecular formula is C21H22F3NO6S2. The van der Waals surface area contributed by atoms with Gasteiger partial charge in [0.1, 0.15) is 0 Å². The molecule has 0 aliphatic carbocycles. The smallest absolute Gasteiger partial charge is 0.266 e. The lowest BCUT2D eigenvalue weighted by Crippen LogP contribution is -2.44. The molecule has 2 aromatic rings. The number of hydrogen-bond donors (Lipinski definition) is 0. The molecule has 180 valence electrons. The number of halogens is 3. The van der Waals surface area contributed by atoms with Crippen molar-refractivity contribution in [3.63, 3.8) is 0 Å². The van der Waals surface area contributed by atoms with Crippen LogP contribution in [0.4, 0.5) is 13.2 Å². The monoisotopic (exact) mass is 505 g/mol. The fourth-order valence-corrected chi connectivity index (χ4v) is 5.32. The quantitative estimate of drug-likeness (QED) is 0.264. The SMILES string of the molecule is CCCCCCCCS(=O)c1ccc2c3c(cccc13)C(=O)N(OS(=O)(=O)C(F)(F)F)C2=O. The van der Waals surface area contributed by atoms with Gasteiger partial charge in [0.05, 0.1) is 21.9 Å². The van der Waals surface area contributed by atoms with Gasteiger partial charge in [0.15, 0.2) is 0 Å². The first-order valence-corrected chi connectivity index (χ1v) is 13.1. The fraction of sp³-hybridized carbons (Fsp3) is 0.429. The van der Waals surface area contributed by atoms with Gasteiger partial charge in [-0.2, -0.15) is 21.6 Å². The van der Waals surface area contributed by atoms with Crippen molar-refractivity contribution in [3.8, 4) is 0 Å². The molecule has 1 unspecified atom stereocenters. The minimum atomic E-state index is -6.24. The van der Waals surface area contributed by atoms with Crippen LogP contribution in [-0.4, -0.2) is 40.8 Å². The van der Waals surface area contributed by atoms with Gasteiger partial charge in [0.2, 0.25) is 0 Å². The van der Waals surface area contributed by atoms with Crippen LogP contribution in [0.3, 0.4) is 0 Å². The van der Waals surface area contributed by atoms with Crippen LogP contribution in [0.1, 0.15) is 66.2 Å². The van der Waals surface area contributed by atoms with Crippen LogP contribution in [-0.2, 0) is 25.2 Å². The predicted octanol–water partition coefficient (Wildman–Crippen LogP) is 4.69. The van der Waals surface area contributed by atoms with Crippen LogP contribution >= 0.6 is 0 Å². The molecule has 3 rings (SSSR count). The second-order valence-electron chi connectivity index (χ2n) is 7.54. The lowest BCUT2D eigenvalue weighted by molar-refractivity contribution is -0.0761. The van der Waals surface area contributed by atoms with Crippen molar-refractivity contribution in [2.75, 3.05) is 5.75 Å². The molecule has 0 saturated carbocycles. The molecule has 1 aliphatic heterocycles. The van der Waals surface area contributed by atoms with Gasteiger partial charge in [0, 0.05) is 16.0 Å². The second-order valence-corrected chi connectivity index (χ2v) is 10.6. The Morgan fingerprint density at radius 2 is 1.55 bits per heavy atom. The number of hydroxylamine groups is 2. The number of imide groups is 1. The second kappa shape index (κ2) is 9.90. The molecule has 0 bridgehead atoms. The number of nitrogens with zero attached hydrogens (tertiary/aromatic N) is 1. The number of carbonyl (C=O) groups is 2. The summed E-state index contributed by atoms with van der Waals surface area (Å²) in [7, 11) is -7.67. The van der Waals surface area contributed by atoms with Crippen molar-refractivity contribution >= 4 is 43.5 Å². The maximum absolute atomic E-state index is 12.9. The Morgan fingerprint density at radius 3 is 2.18 bits per heavy atom. The number of unbranched alkanes of at least 4 members (excludes halogenated alkanes) is 5. The number of rotatable bonds is 10. The first-order chi connectivity index (χ1) is 15.5. The summed E-state index contributed by atoms with van der Waals surface area (Å²) >= 11 is 0. The van der Waals surface area contributed by atoms with Crippen molar-refractivity contribution in [3.05, 3.63) is 41.5 Å². The van der Waals surface area contributed by atoms with Gasteiger partial charge in [-0.05, 0) is 30.0 Å². The average molecular weight is 506 g/mol. The highest BCUT2D eigenvalue weighted by molar-refractivity contribution is 7.87. The molecule has 7 nitrogen and oxygen atoms in total. The van der Waals surface area contributed by atoms with E-state index < -0.39 is 43.3 Å². The minimum absolute atomic E-state index is 0.102. The molecule has 33 heavy (non-hydrogen) atoms. The van der Waals surface area contributed by atoms with Crippen LogP contribution in [0.5, 0.6) is 0 Å². The summed E-state index contributed by atoms with van der Waals surface area (Å²) in [6.07, 6.45) is 6.06. The molecule has 0 radical (unpaired) electrons. The van der Waals surface area contributed by atoms with Crippen LogP contribution in [0.15, 0.2) is 35.2 Å². The van der Waals surface area contributed by atoms with E-state index in [1.54, 1.807) is 6.07 Å². The van der Waals surface area contributed by atoms with Gasteiger partial charge in [-0.3, -0.25) is 13.8 Å². The molecule has 0 aromatic heterocycles. The first-order valence-electron chi connectivity index (χ1n) is 10.3. The van der Waals surface area contributed by atoms with Gasteiger partial charge in [-0.25, -0.2) is 0 Å². The van der Waals surface area contributed by atoms with Crippen LogP contribution in [0.2, 0.25) is 0 Å². The normalized spacial score (nSPS) is 15.3. The first kappa shape index (κ1) is 25.3.